The number of hydrogen-bond donors (Lipinski definition) is 1. The number of nitrogens with zero attached hydrogens (tertiary/aromatic N) is 2. The van der Waals surface area contributed by atoms with Gasteiger partial charge < -0.3 is 10.2 Å². The second-order valence-corrected chi connectivity index (χ2v) is 11.6. The minimum atomic E-state index is -3.99. The smallest absolute Gasteiger partial charge is 0.243 e. The molecule has 0 unspecified atom stereocenters. The standard InChI is InChI=1S/C26H26Cl3N3O4S/c1-30-26(34)24(15-18-6-4-3-5-7-18)32(16-19-8-13-22(28)23(29)14-19)25(33)17-31(2)37(35,36)21-11-9-20(27)10-12-21/h3-14,24H,15-17H2,1-2H3,(H,30,34)/t24-/m1/s1. The van der Waals surface area contributed by atoms with Gasteiger partial charge in [-0.05, 0) is 47.5 Å². The molecule has 37 heavy (non-hydrogen) atoms. The molecule has 3 aromatic rings. The molecule has 1 atom stereocenters. The summed E-state index contributed by atoms with van der Waals surface area (Å²) in [6, 6.07) is 18.9. The highest BCUT2D eigenvalue weighted by Crippen LogP contribution is 2.25. The Balaban J connectivity index is 1.95. The van der Waals surface area contributed by atoms with Crippen molar-refractivity contribution in [3.8, 4) is 0 Å². The lowest BCUT2D eigenvalue weighted by atomic mass is 10.0. The van der Waals surface area contributed by atoms with Crippen LogP contribution in [0, 0.1) is 0 Å². The molecule has 0 aliphatic heterocycles. The molecule has 0 radical (unpaired) electrons. The number of rotatable bonds is 10. The van der Waals surface area contributed by atoms with E-state index in [0.717, 1.165) is 9.87 Å². The molecule has 0 aliphatic carbocycles. The number of amides is 2. The fourth-order valence-electron chi connectivity index (χ4n) is 3.71. The van der Waals surface area contributed by atoms with Gasteiger partial charge in [0, 0.05) is 32.1 Å². The van der Waals surface area contributed by atoms with E-state index >= 15 is 0 Å². The number of sulfonamides is 1. The quantitative estimate of drug-likeness (QED) is 0.377. The maximum Gasteiger partial charge on any atom is 0.243 e. The van der Waals surface area contributed by atoms with Gasteiger partial charge in [0.15, 0.2) is 0 Å². The molecule has 0 heterocycles. The van der Waals surface area contributed by atoms with Crippen LogP contribution in [0.25, 0.3) is 0 Å². The maximum absolute atomic E-state index is 13.7. The molecule has 0 saturated carbocycles. The molecule has 0 aromatic heterocycles. The normalized spacial score (nSPS) is 12.3. The first-order chi connectivity index (χ1) is 17.5. The minimum Gasteiger partial charge on any atom is -0.357 e. The molecule has 0 bridgehead atoms. The van der Waals surface area contributed by atoms with E-state index in [1.165, 1.54) is 43.3 Å². The Morgan fingerprint density at radius 1 is 0.892 bits per heavy atom. The van der Waals surface area contributed by atoms with Crippen LogP contribution in [0.15, 0.2) is 77.7 Å². The Kier molecular flexibility index (Phi) is 9.98. The zero-order valence-corrected chi connectivity index (χ0v) is 23.3. The number of likely N-dealkylation sites (N-methyl/N-ethyl adjacent to an activating group) is 2. The van der Waals surface area contributed by atoms with Gasteiger partial charge in [-0.25, -0.2) is 8.42 Å². The average Bonchev–Trinajstić information content (AvgIpc) is 2.88. The van der Waals surface area contributed by atoms with Crippen LogP contribution < -0.4 is 5.32 Å². The number of hydrogen-bond acceptors (Lipinski definition) is 4. The molecular weight excluding hydrogens is 557 g/mol. The highest BCUT2D eigenvalue weighted by Gasteiger charge is 2.32. The van der Waals surface area contributed by atoms with Crippen LogP contribution in [-0.2, 0) is 32.6 Å². The second-order valence-electron chi connectivity index (χ2n) is 8.30. The van der Waals surface area contributed by atoms with Gasteiger partial charge in [0.2, 0.25) is 21.8 Å². The molecule has 196 valence electrons. The zero-order chi connectivity index (χ0) is 27.2. The van der Waals surface area contributed by atoms with E-state index in [4.69, 9.17) is 34.8 Å². The third-order valence-corrected chi connectivity index (χ3v) is 8.54. The molecule has 0 saturated heterocycles. The molecule has 0 fully saturated rings. The first kappa shape index (κ1) is 28.9. The van der Waals surface area contributed by atoms with Crippen LogP contribution >= 0.6 is 34.8 Å². The number of benzene rings is 3. The summed E-state index contributed by atoms with van der Waals surface area (Å²) < 4.78 is 27.1. The van der Waals surface area contributed by atoms with Crippen LogP contribution in [0.5, 0.6) is 0 Å². The van der Waals surface area contributed by atoms with Crippen molar-refractivity contribution in [3.63, 3.8) is 0 Å². The van der Waals surface area contributed by atoms with Crippen molar-refractivity contribution in [2.45, 2.75) is 23.9 Å². The van der Waals surface area contributed by atoms with Crippen molar-refractivity contribution < 1.29 is 18.0 Å². The zero-order valence-electron chi connectivity index (χ0n) is 20.2. The van der Waals surface area contributed by atoms with Gasteiger partial charge >= 0.3 is 0 Å². The average molecular weight is 583 g/mol. The van der Waals surface area contributed by atoms with Gasteiger partial charge in [0.25, 0.3) is 0 Å². The fourth-order valence-corrected chi connectivity index (χ4v) is 5.28. The Bertz CT molecular complexity index is 1350. The van der Waals surface area contributed by atoms with Crippen LogP contribution in [0.3, 0.4) is 0 Å². The van der Waals surface area contributed by atoms with Gasteiger partial charge in [0.1, 0.15) is 6.04 Å². The number of carbonyl (C=O) groups excluding carboxylic acids is 2. The summed E-state index contributed by atoms with van der Waals surface area (Å²) >= 11 is 18.1. The van der Waals surface area contributed by atoms with Crippen molar-refractivity contribution in [1.29, 1.82) is 0 Å². The van der Waals surface area contributed by atoms with Crippen LogP contribution in [0.2, 0.25) is 15.1 Å². The van der Waals surface area contributed by atoms with Crippen molar-refractivity contribution in [3.05, 3.63) is 99.0 Å². The van der Waals surface area contributed by atoms with E-state index in [9.17, 15) is 18.0 Å². The van der Waals surface area contributed by atoms with E-state index in [-0.39, 0.29) is 23.8 Å². The summed E-state index contributed by atoms with van der Waals surface area (Å²) in [5.41, 5.74) is 1.47. The molecule has 1 N–H and O–H groups in total. The van der Waals surface area contributed by atoms with E-state index < -0.39 is 28.5 Å². The van der Waals surface area contributed by atoms with Crippen molar-refractivity contribution in [1.82, 2.24) is 14.5 Å². The summed E-state index contributed by atoms with van der Waals surface area (Å²) in [6.07, 6.45) is 0.223. The summed E-state index contributed by atoms with van der Waals surface area (Å²) in [6.45, 7) is -0.482. The van der Waals surface area contributed by atoms with Gasteiger partial charge in [-0.2, -0.15) is 4.31 Å². The lowest BCUT2D eigenvalue weighted by molar-refractivity contribution is -0.141. The van der Waals surface area contributed by atoms with E-state index in [0.29, 0.717) is 20.6 Å². The van der Waals surface area contributed by atoms with Crippen molar-refractivity contribution in [2.24, 2.45) is 0 Å². The predicted octanol–water partition coefficient (Wildman–Crippen LogP) is 4.65. The predicted molar refractivity (Wildman–Crippen MR) is 146 cm³/mol. The Morgan fingerprint density at radius 3 is 2.14 bits per heavy atom. The largest absolute Gasteiger partial charge is 0.357 e. The highest BCUT2D eigenvalue weighted by atomic mass is 35.5. The summed E-state index contributed by atoms with van der Waals surface area (Å²) in [5.74, 6) is -0.948. The van der Waals surface area contributed by atoms with E-state index in [2.05, 4.69) is 5.32 Å². The molecule has 3 rings (SSSR count). The third-order valence-electron chi connectivity index (χ3n) is 5.73. The van der Waals surface area contributed by atoms with Crippen molar-refractivity contribution >= 4 is 56.6 Å². The fraction of sp³-hybridized carbons (Fsp3) is 0.231. The molecule has 0 aliphatic rings. The lowest BCUT2D eigenvalue weighted by Crippen LogP contribution is -2.52. The minimum absolute atomic E-state index is 0.00429. The lowest BCUT2D eigenvalue weighted by Gasteiger charge is -2.32. The first-order valence-corrected chi connectivity index (χ1v) is 13.8. The molecule has 3 aromatic carbocycles. The van der Waals surface area contributed by atoms with Gasteiger partial charge in [-0.3, -0.25) is 9.59 Å². The topological polar surface area (TPSA) is 86.8 Å². The Morgan fingerprint density at radius 2 is 1.54 bits per heavy atom. The van der Waals surface area contributed by atoms with E-state index in [1.807, 2.05) is 30.3 Å². The number of nitrogens with one attached hydrogen (secondary N) is 1. The number of halogens is 3. The molecular formula is C26H26Cl3N3O4S. The summed E-state index contributed by atoms with van der Waals surface area (Å²) in [4.78, 5) is 28.0. The third kappa shape index (κ3) is 7.46. The van der Waals surface area contributed by atoms with E-state index in [1.54, 1.807) is 18.2 Å². The molecule has 11 heteroatoms. The van der Waals surface area contributed by atoms with Gasteiger partial charge in [-0.1, -0.05) is 71.2 Å². The van der Waals surface area contributed by atoms with Crippen molar-refractivity contribution in [2.75, 3.05) is 20.6 Å². The van der Waals surface area contributed by atoms with Crippen LogP contribution in [0.4, 0.5) is 0 Å². The first-order valence-electron chi connectivity index (χ1n) is 11.2. The van der Waals surface area contributed by atoms with Crippen LogP contribution in [0.1, 0.15) is 11.1 Å². The molecule has 7 nitrogen and oxygen atoms in total. The Hall–Kier alpha value is -2.62. The summed E-state index contributed by atoms with van der Waals surface area (Å²) in [5, 5.41) is 3.66. The van der Waals surface area contributed by atoms with Crippen LogP contribution in [-0.4, -0.2) is 56.1 Å². The Labute approximate surface area is 232 Å². The van der Waals surface area contributed by atoms with Gasteiger partial charge in [-0.15, -0.1) is 0 Å². The molecule has 0 spiro atoms. The maximum atomic E-state index is 13.7. The van der Waals surface area contributed by atoms with Gasteiger partial charge in [0.05, 0.1) is 21.5 Å². The number of carbonyl (C=O) groups is 2. The highest BCUT2D eigenvalue weighted by molar-refractivity contribution is 7.89. The SMILES string of the molecule is CNC(=O)[C@@H](Cc1ccccc1)N(Cc1ccc(Cl)c(Cl)c1)C(=O)CN(C)S(=O)(=O)c1ccc(Cl)cc1. The second kappa shape index (κ2) is 12.8. The monoisotopic (exact) mass is 581 g/mol. The summed E-state index contributed by atoms with van der Waals surface area (Å²) in [7, 11) is -1.20. The molecule has 2 amide bonds.